The zero-order valence-corrected chi connectivity index (χ0v) is 25.9. The third-order valence-electron chi connectivity index (χ3n) is 8.33. The van der Waals surface area contributed by atoms with Crippen molar-refractivity contribution in [1.29, 1.82) is 0 Å². The number of amides is 2. The average molecular weight is 669 g/mol. The minimum absolute atomic E-state index is 0.0134. The van der Waals surface area contributed by atoms with Crippen LogP contribution in [0.5, 0.6) is 0 Å². The summed E-state index contributed by atoms with van der Waals surface area (Å²) in [7, 11) is 0. The number of hydrogen-bond acceptors (Lipinski definition) is 6. The van der Waals surface area contributed by atoms with Crippen molar-refractivity contribution in [2.75, 3.05) is 63.9 Å². The van der Waals surface area contributed by atoms with Gasteiger partial charge in [0, 0.05) is 68.5 Å². The highest BCUT2D eigenvalue weighted by Crippen LogP contribution is 2.44. The molecule has 234 valence electrons. The lowest BCUT2D eigenvalue weighted by Gasteiger charge is -2.37. The number of piperazine rings is 1. The molecule has 3 heterocycles. The summed E-state index contributed by atoms with van der Waals surface area (Å²) in [5.41, 5.74) is -0.104. The molecule has 2 aliphatic heterocycles. The first-order valence-electron chi connectivity index (χ1n) is 14.4. The van der Waals surface area contributed by atoms with Gasteiger partial charge < -0.3 is 24.4 Å². The Kier molecular flexibility index (Phi) is 9.03. The lowest BCUT2D eigenvalue weighted by Crippen LogP contribution is -2.51. The number of halogens is 5. The molecule has 2 aromatic carbocycles. The Balaban J connectivity index is 1.25. The average Bonchev–Trinajstić information content (AvgIpc) is 3.74. The van der Waals surface area contributed by atoms with E-state index in [0.717, 1.165) is 6.07 Å². The van der Waals surface area contributed by atoms with Gasteiger partial charge >= 0.3 is 0 Å². The van der Waals surface area contributed by atoms with Gasteiger partial charge in [-0.3, -0.25) is 19.3 Å². The molecule has 1 aliphatic carbocycles. The largest absolute Gasteiger partial charge is 0.378 e. The fourth-order valence-corrected chi connectivity index (χ4v) is 6.64. The van der Waals surface area contributed by atoms with E-state index in [-0.39, 0.29) is 52.6 Å². The highest BCUT2D eigenvalue weighted by Gasteiger charge is 2.41. The molecule has 3 aliphatic rings. The van der Waals surface area contributed by atoms with E-state index in [1.807, 2.05) is 4.90 Å². The normalized spacial score (nSPS) is 20.7. The van der Waals surface area contributed by atoms with Gasteiger partial charge in [-0.05, 0) is 23.8 Å². The van der Waals surface area contributed by atoms with Gasteiger partial charge in [0.05, 0.1) is 47.4 Å². The van der Waals surface area contributed by atoms with Gasteiger partial charge in [-0.2, -0.15) is 0 Å². The molecule has 6 rings (SSSR count). The molecular weight excluding hydrogens is 639 g/mol. The van der Waals surface area contributed by atoms with Crippen molar-refractivity contribution in [1.82, 2.24) is 19.7 Å². The lowest BCUT2D eigenvalue weighted by molar-refractivity contribution is -0.136. The first kappa shape index (κ1) is 31.0. The Morgan fingerprint density at radius 3 is 2.39 bits per heavy atom. The van der Waals surface area contributed by atoms with E-state index >= 15 is 4.39 Å². The van der Waals surface area contributed by atoms with Gasteiger partial charge in [0.1, 0.15) is 17.6 Å². The van der Waals surface area contributed by atoms with E-state index in [2.05, 4.69) is 5.32 Å². The number of carbonyl (C=O) groups excluding carboxylic acids is 2. The van der Waals surface area contributed by atoms with Gasteiger partial charge in [0.15, 0.2) is 0 Å². The number of rotatable bonds is 7. The summed E-state index contributed by atoms with van der Waals surface area (Å²) in [6.07, 6.45) is 0.288. The summed E-state index contributed by atoms with van der Waals surface area (Å²) in [5.74, 6) is -1.40. The van der Waals surface area contributed by atoms with Crippen molar-refractivity contribution < 1.29 is 23.1 Å². The van der Waals surface area contributed by atoms with Crippen molar-refractivity contribution in [2.45, 2.75) is 25.2 Å². The number of hydrogen-bond donors (Lipinski definition) is 1. The summed E-state index contributed by atoms with van der Waals surface area (Å²) in [4.78, 5) is 45.0. The van der Waals surface area contributed by atoms with Crippen LogP contribution in [0.2, 0.25) is 15.1 Å². The molecule has 0 bridgehead atoms. The number of nitrogens with one attached hydrogen (secondary N) is 1. The molecule has 2 saturated heterocycles. The van der Waals surface area contributed by atoms with E-state index in [4.69, 9.17) is 39.5 Å². The summed E-state index contributed by atoms with van der Waals surface area (Å²) in [5, 5.41) is 3.32. The summed E-state index contributed by atoms with van der Waals surface area (Å²) >= 11 is 19.0. The van der Waals surface area contributed by atoms with E-state index in [1.54, 1.807) is 21.9 Å². The van der Waals surface area contributed by atoms with Crippen LogP contribution in [0.15, 0.2) is 35.3 Å². The van der Waals surface area contributed by atoms with Crippen LogP contribution < -0.4 is 15.6 Å². The van der Waals surface area contributed by atoms with Crippen molar-refractivity contribution in [3.8, 4) is 0 Å². The predicted molar refractivity (Wildman–Crippen MR) is 165 cm³/mol. The SMILES string of the molecule is O=C(NCc1ccc(Cl)cc1Cl)c1cn([C@H]2C[C@H]2F)c2c(Cl)c(N3CCN(CC(=O)N4CCOCC4)CC3)c(F)cc2c1=O. The van der Waals surface area contributed by atoms with Crippen LogP contribution >= 0.6 is 34.8 Å². The third-order valence-corrected chi connectivity index (χ3v) is 9.28. The molecule has 9 nitrogen and oxygen atoms in total. The van der Waals surface area contributed by atoms with E-state index < -0.39 is 29.4 Å². The number of benzene rings is 2. The number of nitrogens with zero attached hydrogens (tertiary/aromatic N) is 4. The predicted octanol–water partition coefficient (Wildman–Crippen LogP) is 4.29. The van der Waals surface area contributed by atoms with Crippen LogP contribution in [0, 0.1) is 5.82 Å². The number of morpholine rings is 1. The number of pyridine rings is 1. The maximum atomic E-state index is 15.7. The quantitative estimate of drug-likeness (QED) is 0.405. The smallest absolute Gasteiger partial charge is 0.257 e. The number of anilines is 1. The Morgan fingerprint density at radius 2 is 1.73 bits per heavy atom. The minimum atomic E-state index is -1.19. The highest BCUT2D eigenvalue weighted by molar-refractivity contribution is 6.38. The molecule has 0 radical (unpaired) electrons. The fraction of sp³-hybridized carbons (Fsp3) is 0.433. The zero-order valence-electron chi connectivity index (χ0n) is 23.6. The van der Waals surface area contributed by atoms with Crippen LogP contribution in [0.25, 0.3) is 10.9 Å². The van der Waals surface area contributed by atoms with Crippen LogP contribution in [0.3, 0.4) is 0 Å². The Labute approximate surface area is 267 Å². The third kappa shape index (κ3) is 6.25. The topological polar surface area (TPSA) is 87.1 Å². The monoisotopic (exact) mass is 667 g/mol. The second-order valence-corrected chi connectivity index (χ2v) is 12.4. The van der Waals surface area contributed by atoms with Gasteiger partial charge in [0.25, 0.3) is 5.91 Å². The molecule has 2 amide bonds. The first-order valence-corrected chi connectivity index (χ1v) is 15.5. The van der Waals surface area contributed by atoms with Crippen molar-refractivity contribution in [2.24, 2.45) is 0 Å². The van der Waals surface area contributed by atoms with Gasteiger partial charge in [-0.1, -0.05) is 40.9 Å². The van der Waals surface area contributed by atoms with E-state index in [0.29, 0.717) is 68.1 Å². The Bertz CT molecular complexity index is 1670. The molecule has 3 aromatic rings. The summed E-state index contributed by atoms with van der Waals surface area (Å²) in [6, 6.07) is 5.25. The fourth-order valence-electron chi connectivity index (χ4n) is 5.75. The van der Waals surface area contributed by atoms with Crippen LogP contribution in [0.1, 0.15) is 28.4 Å². The zero-order chi connectivity index (χ0) is 31.1. The Hall–Kier alpha value is -2.96. The summed E-state index contributed by atoms with van der Waals surface area (Å²) < 4.78 is 37.0. The van der Waals surface area contributed by atoms with E-state index in [9.17, 15) is 18.8 Å². The van der Waals surface area contributed by atoms with E-state index in [1.165, 1.54) is 16.8 Å². The lowest BCUT2D eigenvalue weighted by atomic mass is 10.1. The number of alkyl halides is 1. The minimum Gasteiger partial charge on any atom is -0.378 e. The maximum Gasteiger partial charge on any atom is 0.257 e. The molecule has 0 spiro atoms. The Morgan fingerprint density at radius 1 is 1.02 bits per heavy atom. The number of aromatic nitrogens is 1. The first-order chi connectivity index (χ1) is 21.1. The van der Waals surface area contributed by atoms with Gasteiger partial charge in [0.2, 0.25) is 11.3 Å². The number of fused-ring (bicyclic) bond motifs is 1. The highest BCUT2D eigenvalue weighted by atomic mass is 35.5. The maximum absolute atomic E-state index is 15.7. The molecule has 1 aromatic heterocycles. The molecule has 14 heteroatoms. The van der Waals surface area contributed by atoms with Gasteiger partial charge in [-0.15, -0.1) is 0 Å². The van der Waals surface area contributed by atoms with Crippen LogP contribution in [-0.4, -0.2) is 91.4 Å². The number of ether oxygens (including phenoxy) is 1. The molecule has 44 heavy (non-hydrogen) atoms. The second-order valence-electron chi connectivity index (χ2n) is 11.2. The van der Waals surface area contributed by atoms with Crippen LogP contribution in [0.4, 0.5) is 14.5 Å². The van der Waals surface area contributed by atoms with Crippen molar-refractivity contribution >= 4 is 63.2 Å². The molecule has 1 N–H and O–H groups in total. The second kappa shape index (κ2) is 12.8. The molecule has 1 saturated carbocycles. The standard InChI is InChI=1S/C30H30Cl3F2N5O4/c31-18-2-1-17(21(32)11-18)14-36-30(43)20-15-40(24-13-22(24)34)27-19(29(20)42)12-23(35)28(26(27)33)39-5-3-37(4-6-39)16-25(41)38-7-9-44-10-8-38/h1-2,11-12,15,22,24H,3-10,13-14,16H2,(H,36,43)/t22-,24+/m1/s1. The van der Waals surface area contributed by atoms with Crippen LogP contribution in [-0.2, 0) is 16.1 Å². The number of carbonyl (C=O) groups is 2. The molecule has 3 fully saturated rings. The van der Waals surface area contributed by atoms with Crippen molar-refractivity contribution in [3.05, 3.63) is 72.7 Å². The van der Waals surface area contributed by atoms with Crippen molar-refractivity contribution in [3.63, 3.8) is 0 Å². The van der Waals surface area contributed by atoms with Gasteiger partial charge in [-0.25, -0.2) is 8.78 Å². The molecule has 2 atom stereocenters. The molecule has 0 unspecified atom stereocenters. The summed E-state index contributed by atoms with van der Waals surface area (Å²) in [6.45, 7) is 4.26. The molecular formula is C30H30Cl3F2N5O4.